The van der Waals surface area contributed by atoms with Gasteiger partial charge in [0.15, 0.2) is 0 Å². The molecule has 6 N–H and O–H groups in total. The molecule has 0 unspecified atom stereocenters. The van der Waals surface area contributed by atoms with E-state index in [-0.39, 0.29) is 0 Å². The van der Waals surface area contributed by atoms with Crippen molar-refractivity contribution in [3.8, 4) is 0 Å². The molecule has 0 aliphatic carbocycles. The van der Waals surface area contributed by atoms with Crippen molar-refractivity contribution in [3.05, 3.63) is 0 Å². The SMILES string of the molecule is CCCCCCCC(=O)O.NCCCNCCCN. The first-order chi connectivity index (χ1) is 9.18. The normalized spacial score (nSPS) is 9.84. The molecule has 0 bridgehead atoms. The van der Waals surface area contributed by atoms with Gasteiger partial charge in [-0.1, -0.05) is 32.6 Å². The molecule has 0 aliphatic heterocycles. The number of nitrogens with two attached hydrogens (primary N) is 2. The quantitative estimate of drug-likeness (QED) is 0.406. The Labute approximate surface area is 118 Å². The van der Waals surface area contributed by atoms with E-state index >= 15 is 0 Å². The Kier molecular flexibility index (Phi) is 21.4. The minimum absolute atomic E-state index is 0.337. The third kappa shape index (κ3) is 26.8. The van der Waals surface area contributed by atoms with E-state index in [1.165, 1.54) is 19.3 Å². The zero-order valence-electron chi connectivity index (χ0n) is 12.5. The Morgan fingerprint density at radius 3 is 1.89 bits per heavy atom. The standard InChI is InChI=1S/C8H16O2.C6H17N3/c1-2-3-4-5-6-7-8(9)10;7-3-1-5-9-6-2-4-8/h2-7H2,1H3,(H,9,10);9H,1-8H2. The summed E-state index contributed by atoms with van der Waals surface area (Å²) < 4.78 is 0. The molecule has 0 rings (SSSR count). The number of hydrogen-bond donors (Lipinski definition) is 4. The number of rotatable bonds is 12. The molecule has 0 amide bonds. The lowest BCUT2D eigenvalue weighted by atomic mass is 10.1. The lowest BCUT2D eigenvalue weighted by Gasteiger charge is -2.00. The molecule has 0 saturated heterocycles. The summed E-state index contributed by atoms with van der Waals surface area (Å²) in [4.78, 5) is 10.0. The molecule has 0 fully saturated rings. The van der Waals surface area contributed by atoms with Gasteiger partial charge >= 0.3 is 5.97 Å². The van der Waals surface area contributed by atoms with Gasteiger partial charge in [-0.15, -0.1) is 0 Å². The topological polar surface area (TPSA) is 101 Å². The van der Waals surface area contributed by atoms with Crippen LogP contribution in [-0.2, 0) is 4.79 Å². The lowest BCUT2D eigenvalue weighted by Crippen LogP contribution is -2.21. The van der Waals surface area contributed by atoms with Gasteiger partial charge in [0, 0.05) is 6.42 Å². The van der Waals surface area contributed by atoms with Gasteiger partial charge in [0.2, 0.25) is 0 Å². The number of carboxylic acid groups (broad SMARTS) is 1. The van der Waals surface area contributed by atoms with Gasteiger partial charge in [0.1, 0.15) is 0 Å². The van der Waals surface area contributed by atoms with Crippen LogP contribution in [0.4, 0.5) is 0 Å². The van der Waals surface area contributed by atoms with Crippen molar-refractivity contribution in [3.63, 3.8) is 0 Å². The van der Waals surface area contributed by atoms with Crippen LogP contribution < -0.4 is 16.8 Å². The monoisotopic (exact) mass is 275 g/mol. The zero-order chi connectivity index (χ0) is 14.8. The fraction of sp³-hybridized carbons (Fsp3) is 0.929. The highest BCUT2D eigenvalue weighted by Gasteiger charge is 1.94. The summed E-state index contributed by atoms with van der Waals surface area (Å²) in [6, 6.07) is 0. The maximum absolute atomic E-state index is 10.0. The third-order valence-corrected chi connectivity index (χ3v) is 2.61. The van der Waals surface area contributed by atoms with Crippen LogP contribution in [0, 0.1) is 0 Å². The van der Waals surface area contributed by atoms with Gasteiger partial charge in [-0.3, -0.25) is 4.79 Å². The van der Waals surface area contributed by atoms with Crippen molar-refractivity contribution < 1.29 is 9.90 Å². The molecule has 5 nitrogen and oxygen atoms in total. The largest absolute Gasteiger partial charge is 0.481 e. The molecule has 0 saturated carbocycles. The van der Waals surface area contributed by atoms with Crippen LogP contribution in [0.25, 0.3) is 0 Å². The summed E-state index contributed by atoms with van der Waals surface area (Å²) in [5.74, 6) is -0.670. The van der Waals surface area contributed by atoms with E-state index in [1.807, 2.05) is 0 Å². The average molecular weight is 275 g/mol. The van der Waals surface area contributed by atoms with Gasteiger partial charge in [-0.05, 0) is 45.4 Å². The number of aliphatic carboxylic acids is 1. The fourth-order valence-corrected chi connectivity index (χ4v) is 1.46. The molecular formula is C14H33N3O2. The second kappa shape index (κ2) is 19.7. The van der Waals surface area contributed by atoms with Crippen LogP contribution in [0.15, 0.2) is 0 Å². The Bertz CT molecular complexity index is 172. The number of unbranched alkanes of at least 4 members (excludes halogenated alkanes) is 4. The Morgan fingerprint density at radius 1 is 0.947 bits per heavy atom. The van der Waals surface area contributed by atoms with Crippen LogP contribution in [0.5, 0.6) is 0 Å². The van der Waals surface area contributed by atoms with Gasteiger partial charge in [-0.2, -0.15) is 0 Å². The zero-order valence-corrected chi connectivity index (χ0v) is 12.5. The van der Waals surface area contributed by atoms with Crippen molar-refractivity contribution in [1.29, 1.82) is 0 Å². The van der Waals surface area contributed by atoms with E-state index in [4.69, 9.17) is 16.6 Å². The smallest absolute Gasteiger partial charge is 0.303 e. The minimum Gasteiger partial charge on any atom is -0.481 e. The highest BCUT2D eigenvalue weighted by molar-refractivity contribution is 5.66. The predicted molar refractivity (Wildman–Crippen MR) is 81.2 cm³/mol. The number of nitrogens with one attached hydrogen (secondary N) is 1. The van der Waals surface area contributed by atoms with E-state index in [9.17, 15) is 4.79 Å². The van der Waals surface area contributed by atoms with E-state index in [1.54, 1.807) is 0 Å². The van der Waals surface area contributed by atoms with Crippen LogP contribution in [-0.4, -0.2) is 37.3 Å². The molecule has 0 heterocycles. The molecule has 116 valence electrons. The van der Waals surface area contributed by atoms with Crippen molar-refractivity contribution in [2.24, 2.45) is 11.5 Å². The maximum atomic E-state index is 10.0. The first-order valence-electron chi connectivity index (χ1n) is 7.51. The van der Waals surface area contributed by atoms with E-state index in [2.05, 4.69) is 12.2 Å². The Balaban J connectivity index is 0. The second-order valence-electron chi connectivity index (χ2n) is 4.59. The van der Waals surface area contributed by atoms with Gasteiger partial charge in [-0.25, -0.2) is 0 Å². The second-order valence-corrected chi connectivity index (χ2v) is 4.59. The third-order valence-electron chi connectivity index (χ3n) is 2.61. The summed E-state index contributed by atoms with van der Waals surface area (Å²) in [6.07, 6.45) is 8.00. The van der Waals surface area contributed by atoms with E-state index < -0.39 is 5.97 Å². The molecule has 19 heavy (non-hydrogen) atoms. The minimum atomic E-state index is -0.670. The molecular weight excluding hydrogens is 242 g/mol. The molecule has 0 atom stereocenters. The number of carboxylic acids is 1. The summed E-state index contributed by atoms with van der Waals surface area (Å²) >= 11 is 0. The van der Waals surface area contributed by atoms with Gasteiger partial charge < -0.3 is 21.9 Å². The van der Waals surface area contributed by atoms with E-state index in [0.29, 0.717) is 6.42 Å². The molecule has 0 aromatic heterocycles. The molecule has 0 radical (unpaired) electrons. The molecule has 0 aliphatic rings. The van der Waals surface area contributed by atoms with Crippen molar-refractivity contribution in [1.82, 2.24) is 5.32 Å². The maximum Gasteiger partial charge on any atom is 0.303 e. The Hall–Kier alpha value is -0.650. The molecule has 5 heteroatoms. The fourth-order valence-electron chi connectivity index (χ4n) is 1.46. The van der Waals surface area contributed by atoms with Crippen molar-refractivity contribution >= 4 is 5.97 Å². The van der Waals surface area contributed by atoms with Crippen molar-refractivity contribution in [2.75, 3.05) is 26.2 Å². The average Bonchev–Trinajstić information content (AvgIpc) is 2.39. The number of carbonyl (C=O) groups is 1. The van der Waals surface area contributed by atoms with Crippen LogP contribution in [0.3, 0.4) is 0 Å². The number of hydrogen-bond acceptors (Lipinski definition) is 4. The molecule has 0 aromatic carbocycles. The Morgan fingerprint density at radius 2 is 1.47 bits per heavy atom. The highest BCUT2D eigenvalue weighted by Crippen LogP contribution is 2.04. The molecule has 0 spiro atoms. The van der Waals surface area contributed by atoms with Crippen LogP contribution in [0.1, 0.15) is 58.3 Å². The molecule has 0 aromatic rings. The van der Waals surface area contributed by atoms with Crippen LogP contribution in [0.2, 0.25) is 0 Å². The van der Waals surface area contributed by atoms with Crippen LogP contribution >= 0.6 is 0 Å². The van der Waals surface area contributed by atoms with Crippen molar-refractivity contribution in [2.45, 2.75) is 58.3 Å². The first kappa shape index (κ1) is 20.7. The van der Waals surface area contributed by atoms with E-state index in [0.717, 1.165) is 51.9 Å². The van der Waals surface area contributed by atoms with Gasteiger partial charge in [0.25, 0.3) is 0 Å². The summed E-state index contributed by atoms with van der Waals surface area (Å²) in [5, 5.41) is 11.5. The summed E-state index contributed by atoms with van der Waals surface area (Å²) in [7, 11) is 0. The highest BCUT2D eigenvalue weighted by atomic mass is 16.4. The summed E-state index contributed by atoms with van der Waals surface area (Å²) in [5.41, 5.74) is 10.6. The van der Waals surface area contributed by atoms with Gasteiger partial charge in [0.05, 0.1) is 0 Å². The first-order valence-corrected chi connectivity index (χ1v) is 7.51. The predicted octanol–water partition coefficient (Wildman–Crippen LogP) is 1.71. The lowest BCUT2D eigenvalue weighted by molar-refractivity contribution is -0.137. The summed E-state index contributed by atoms with van der Waals surface area (Å²) in [6.45, 7) is 5.75.